The summed E-state index contributed by atoms with van der Waals surface area (Å²) >= 11 is 0. The summed E-state index contributed by atoms with van der Waals surface area (Å²) in [7, 11) is -1.32. The first-order chi connectivity index (χ1) is 16.0. The van der Waals surface area contributed by atoms with E-state index in [0.717, 1.165) is 5.56 Å². The number of hydrogen-bond donors (Lipinski definition) is 3. The molecule has 0 radical (unpaired) electrons. The number of carboxylic acids is 1. The van der Waals surface area contributed by atoms with Crippen molar-refractivity contribution in [1.29, 1.82) is 0 Å². The number of aliphatic carboxylic acids is 1. The molecule has 33 heavy (non-hydrogen) atoms. The first-order valence-corrected chi connectivity index (χ1v) is 12.2. The zero-order valence-electron chi connectivity index (χ0n) is 18.4. The summed E-state index contributed by atoms with van der Waals surface area (Å²) in [5.74, 6) is -1.36. The summed E-state index contributed by atoms with van der Waals surface area (Å²) in [4.78, 5) is 35.8. The topological polar surface area (TPSA) is 122 Å². The Labute approximate surface area is 196 Å². The van der Waals surface area contributed by atoms with Crippen molar-refractivity contribution in [3.8, 4) is 0 Å². The van der Waals surface area contributed by atoms with Crippen molar-refractivity contribution in [2.75, 3.05) is 12.3 Å². The van der Waals surface area contributed by atoms with Crippen LogP contribution in [0.2, 0.25) is 0 Å². The van der Waals surface area contributed by atoms with Crippen molar-refractivity contribution in [2.24, 2.45) is 0 Å². The molecule has 2 aromatic carbocycles. The highest BCUT2D eigenvalue weighted by atomic mass is 32.2. The van der Waals surface area contributed by atoms with Gasteiger partial charge in [0.05, 0.1) is 10.8 Å². The van der Waals surface area contributed by atoms with Crippen molar-refractivity contribution < 1.29 is 28.4 Å². The fraction of sp³-hybridized carbons (Fsp3) is 0.375. The van der Waals surface area contributed by atoms with Crippen molar-refractivity contribution >= 4 is 28.8 Å². The number of alkyl carbamates (subject to hydrolysis) is 1. The zero-order valence-corrected chi connectivity index (χ0v) is 19.2. The van der Waals surface area contributed by atoms with Crippen LogP contribution < -0.4 is 10.6 Å². The van der Waals surface area contributed by atoms with E-state index in [4.69, 9.17) is 4.74 Å². The van der Waals surface area contributed by atoms with Crippen molar-refractivity contribution in [2.45, 2.75) is 49.6 Å². The van der Waals surface area contributed by atoms with E-state index in [0.29, 0.717) is 30.7 Å². The summed E-state index contributed by atoms with van der Waals surface area (Å²) in [5, 5.41) is 14.5. The number of hydrogen-bond acceptors (Lipinski definition) is 5. The van der Waals surface area contributed by atoms with E-state index in [1.165, 1.54) is 0 Å². The molecule has 0 spiro atoms. The van der Waals surface area contributed by atoms with Gasteiger partial charge < -0.3 is 20.5 Å². The molecule has 2 aromatic rings. The highest BCUT2D eigenvalue weighted by Crippen LogP contribution is 2.08. The molecule has 0 saturated heterocycles. The van der Waals surface area contributed by atoms with Crippen LogP contribution in [0.4, 0.5) is 4.79 Å². The number of ether oxygens (including phenoxy) is 1. The summed E-state index contributed by atoms with van der Waals surface area (Å²) in [6.07, 6.45) is 1.71. The van der Waals surface area contributed by atoms with Gasteiger partial charge in [-0.25, -0.2) is 9.59 Å². The third-order valence-corrected chi connectivity index (χ3v) is 6.20. The lowest BCUT2D eigenvalue weighted by atomic mass is 10.1. The van der Waals surface area contributed by atoms with Crippen LogP contribution in [-0.4, -0.2) is 45.6 Å². The molecule has 0 aromatic heterocycles. The van der Waals surface area contributed by atoms with Crippen molar-refractivity contribution in [3.63, 3.8) is 0 Å². The molecule has 3 N–H and O–H groups in total. The second-order valence-electron chi connectivity index (χ2n) is 7.41. The van der Waals surface area contributed by atoms with Crippen LogP contribution in [0.15, 0.2) is 65.6 Å². The van der Waals surface area contributed by atoms with E-state index in [2.05, 4.69) is 10.6 Å². The average Bonchev–Trinajstić information content (AvgIpc) is 2.83. The number of benzene rings is 2. The number of amides is 2. The first kappa shape index (κ1) is 26.1. The summed E-state index contributed by atoms with van der Waals surface area (Å²) in [5.41, 5.74) is 0.907. The molecule has 0 saturated carbocycles. The van der Waals surface area contributed by atoms with E-state index in [9.17, 15) is 23.7 Å². The summed E-state index contributed by atoms with van der Waals surface area (Å²) in [6.45, 7) is 0.634. The fourth-order valence-corrected chi connectivity index (χ4v) is 4.14. The largest absolute Gasteiger partial charge is 0.480 e. The average molecular weight is 475 g/mol. The van der Waals surface area contributed by atoms with Crippen LogP contribution in [0.5, 0.6) is 0 Å². The van der Waals surface area contributed by atoms with Gasteiger partial charge in [0.1, 0.15) is 12.6 Å². The van der Waals surface area contributed by atoms with Gasteiger partial charge in [0, 0.05) is 23.6 Å². The minimum absolute atomic E-state index is 0.0809. The van der Waals surface area contributed by atoms with E-state index in [1.54, 1.807) is 24.3 Å². The highest BCUT2D eigenvalue weighted by molar-refractivity contribution is 7.85. The standard InChI is InChI=1S/C24H30N2O6S/c27-22(26-21(23(28)29)15-17-33(31)20-12-6-2-7-13-20)14-8-3-9-16-25-24(30)32-18-19-10-4-1-5-11-19/h1-2,4-7,10-13,21H,3,8-9,14-18H2,(H,25,30)(H,26,27)(H,28,29)/t21-,33+/m0/s1. The van der Waals surface area contributed by atoms with E-state index in [-0.39, 0.29) is 31.1 Å². The number of carboxylic acid groups (broad SMARTS) is 1. The predicted molar refractivity (Wildman–Crippen MR) is 125 cm³/mol. The molecule has 2 atom stereocenters. The lowest BCUT2D eigenvalue weighted by molar-refractivity contribution is -0.141. The molecular formula is C24H30N2O6S. The summed E-state index contributed by atoms with van der Waals surface area (Å²) < 4.78 is 17.4. The van der Waals surface area contributed by atoms with Crippen LogP contribution in [0.25, 0.3) is 0 Å². The molecule has 0 unspecified atom stereocenters. The second kappa shape index (κ2) is 14.8. The van der Waals surface area contributed by atoms with Gasteiger partial charge in [-0.3, -0.25) is 9.00 Å². The lowest BCUT2D eigenvalue weighted by Crippen LogP contribution is -2.41. The molecule has 2 amide bonds. The molecule has 0 aliphatic rings. The Morgan fingerprint density at radius 1 is 0.939 bits per heavy atom. The Bertz CT molecular complexity index is 908. The number of rotatable bonds is 14. The Balaban J connectivity index is 1.56. The van der Waals surface area contributed by atoms with Gasteiger partial charge in [-0.1, -0.05) is 55.0 Å². The van der Waals surface area contributed by atoms with E-state index >= 15 is 0 Å². The molecule has 9 heteroatoms. The predicted octanol–water partition coefficient (Wildman–Crippen LogP) is 3.24. The van der Waals surface area contributed by atoms with E-state index < -0.39 is 28.9 Å². The number of nitrogens with one attached hydrogen (secondary N) is 2. The maximum absolute atomic E-state index is 12.3. The third-order valence-electron chi connectivity index (χ3n) is 4.79. The highest BCUT2D eigenvalue weighted by Gasteiger charge is 2.20. The number of carbonyl (C=O) groups excluding carboxylic acids is 2. The molecule has 178 valence electrons. The smallest absolute Gasteiger partial charge is 0.407 e. The molecule has 0 aliphatic carbocycles. The lowest BCUT2D eigenvalue weighted by Gasteiger charge is -2.14. The van der Waals surface area contributed by atoms with Gasteiger partial charge in [-0.2, -0.15) is 0 Å². The van der Waals surface area contributed by atoms with E-state index in [1.807, 2.05) is 36.4 Å². The fourth-order valence-electron chi connectivity index (χ4n) is 2.99. The van der Waals surface area contributed by atoms with Crippen LogP contribution in [0.3, 0.4) is 0 Å². The third kappa shape index (κ3) is 10.8. The number of carbonyl (C=O) groups is 3. The van der Waals surface area contributed by atoms with Crippen LogP contribution in [0.1, 0.15) is 37.7 Å². The Kier molecular flexibility index (Phi) is 11.7. The van der Waals surface area contributed by atoms with Gasteiger partial charge >= 0.3 is 12.1 Å². The van der Waals surface area contributed by atoms with Gasteiger partial charge in [-0.15, -0.1) is 0 Å². The summed E-state index contributed by atoms with van der Waals surface area (Å²) in [6, 6.07) is 17.1. The molecule has 8 nitrogen and oxygen atoms in total. The van der Waals surface area contributed by atoms with Crippen LogP contribution >= 0.6 is 0 Å². The van der Waals surface area contributed by atoms with Crippen molar-refractivity contribution in [3.05, 3.63) is 66.2 Å². The minimum Gasteiger partial charge on any atom is -0.480 e. The monoisotopic (exact) mass is 474 g/mol. The van der Waals surface area contributed by atoms with Gasteiger partial charge in [-0.05, 0) is 37.0 Å². The van der Waals surface area contributed by atoms with Crippen LogP contribution in [-0.2, 0) is 31.7 Å². The minimum atomic E-state index is -1.32. The Morgan fingerprint density at radius 3 is 2.27 bits per heavy atom. The quantitative estimate of drug-likeness (QED) is 0.361. The molecule has 0 aliphatic heterocycles. The Hall–Kier alpha value is -3.20. The van der Waals surface area contributed by atoms with Gasteiger partial charge in [0.2, 0.25) is 5.91 Å². The van der Waals surface area contributed by atoms with Crippen LogP contribution in [0, 0.1) is 0 Å². The number of unbranched alkanes of at least 4 members (excludes halogenated alkanes) is 2. The molecule has 0 heterocycles. The molecule has 2 rings (SSSR count). The Morgan fingerprint density at radius 2 is 1.61 bits per heavy atom. The maximum atomic E-state index is 12.3. The van der Waals surface area contributed by atoms with Gasteiger partial charge in [0.15, 0.2) is 0 Å². The maximum Gasteiger partial charge on any atom is 0.407 e. The molecule has 0 fully saturated rings. The van der Waals surface area contributed by atoms with Gasteiger partial charge in [0.25, 0.3) is 0 Å². The van der Waals surface area contributed by atoms with Crippen molar-refractivity contribution in [1.82, 2.24) is 10.6 Å². The first-order valence-electron chi connectivity index (χ1n) is 10.9. The normalized spacial score (nSPS) is 12.4. The molecular weight excluding hydrogens is 444 g/mol. The second-order valence-corrected chi connectivity index (χ2v) is 8.98. The SMILES string of the molecule is O=C(CCCCCNC(=O)OCc1ccccc1)N[C@@H](CC[S@@](=O)c1ccccc1)C(=O)O. The molecule has 0 bridgehead atoms. The zero-order chi connectivity index (χ0) is 23.9.